The lowest BCUT2D eigenvalue weighted by molar-refractivity contribution is 0.0949. The smallest absolute Gasteiger partial charge is 0.291 e. The first-order valence-corrected chi connectivity index (χ1v) is 10.6. The van der Waals surface area contributed by atoms with Gasteiger partial charge in [0.2, 0.25) is 10.0 Å². The molecule has 0 spiro atoms. The zero-order valence-corrected chi connectivity index (χ0v) is 17.1. The second kappa shape index (κ2) is 9.75. The fourth-order valence-electron chi connectivity index (χ4n) is 2.67. The molecule has 0 bridgehead atoms. The van der Waals surface area contributed by atoms with E-state index in [-0.39, 0.29) is 35.2 Å². The van der Waals surface area contributed by atoms with Crippen LogP contribution in [0.4, 0.5) is 5.69 Å². The minimum absolute atomic E-state index is 0.0574. The normalized spacial score (nSPS) is 10.8. The Balaban J connectivity index is 1.64. The summed E-state index contributed by atoms with van der Waals surface area (Å²) in [6, 6.07) is 15.8. The Morgan fingerprint density at radius 1 is 1.00 bits per heavy atom. The molecular formula is C22H19N3O5S. The molecule has 3 aromatic rings. The van der Waals surface area contributed by atoms with Crippen LogP contribution in [0.5, 0.6) is 0 Å². The van der Waals surface area contributed by atoms with Crippen molar-refractivity contribution in [2.75, 3.05) is 11.9 Å². The molecule has 3 rings (SSSR count). The quantitative estimate of drug-likeness (QED) is 0.468. The van der Waals surface area contributed by atoms with Crippen molar-refractivity contribution >= 4 is 27.5 Å². The highest BCUT2D eigenvalue weighted by molar-refractivity contribution is 7.89. The monoisotopic (exact) mass is 437 g/mol. The molecule has 3 N–H and O–H groups in total. The molecule has 158 valence electrons. The molecule has 0 fully saturated rings. The summed E-state index contributed by atoms with van der Waals surface area (Å²) in [6.07, 6.45) is 6.49. The summed E-state index contributed by atoms with van der Waals surface area (Å²) < 4.78 is 31.7. The van der Waals surface area contributed by atoms with Crippen LogP contribution in [0.2, 0.25) is 0 Å². The molecule has 0 saturated heterocycles. The van der Waals surface area contributed by atoms with Crippen molar-refractivity contribution in [1.29, 1.82) is 0 Å². The number of amides is 2. The van der Waals surface area contributed by atoms with Crippen molar-refractivity contribution < 1.29 is 22.4 Å². The van der Waals surface area contributed by atoms with Gasteiger partial charge in [-0.05, 0) is 48.0 Å². The van der Waals surface area contributed by atoms with Crippen molar-refractivity contribution in [3.63, 3.8) is 0 Å². The lowest BCUT2D eigenvalue weighted by Crippen LogP contribution is -2.26. The maximum absolute atomic E-state index is 12.5. The highest BCUT2D eigenvalue weighted by Crippen LogP contribution is 2.14. The molecular weight excluding hydrogens is 418 g/mol. The maximum Gasteiger partial charge on any atom is 0.291 e. The van der Waals surface area contributed by atoms with Gasteiger partial charge in [0.15, 0.2) is 5.76 Å². The Kier molecular flexibility index (Phi) is 6.87. The summed E-state index contributed by atoms with van der Waals surface area (Å²) in [5, 5.41) is 5.44. The van der Waals surface area contributed by atoms with Crippen LogP contribution in [0.25, 0.3) is 0 Å². The number of anilines is 1. The molecule has 9 heteroatoms. The predicted molar refractivity (Wildman–Crippen MR) is 115 cm³/mol. The number of rotatable bonds is 8. The van der Waals surface area contributed by atoms with Gasteiger partial charge in [0.05, 0.1) is 17.7 Å². The number of nitrogens with one attached hydrogen (secondary N) is 3. The maximum atomic E-state index is 12.5. The molecule has 2 amide bonds. The van der Waals surface area contributed by atoms with E-state index in [9.17, 15) is 18.0 Å². The lowest BCUT2D eigenvalue weighted by atomic mass is 10.1. The lowest BCUT2D eigenvalue weighted by Gasteiger charge is -2.09. The van der Waals surface area contributed by atoms with Crippen molar-refractivity contribution in [3.05, 3.63) is 83.8 Å². The van der Waals surface area contributed by atoms with E-state index in [1.807, 2.05) is 0 Å². The Morgan fingerprint density at radius 3 is 2.55 bits per heavy atom. The van der Waals surface area contributed by atoms with Crippen LogP contribution in [0.15, 0.2) is 76.2 Å². The van der Waals surface area contributed by atoms with Gasteiger partial charge in [-0.1, -0.05) is 24.1 Å². The van der Waals surface area contributed by atoms with Gasteiger partial charge in [0, 0.05) is 17.8 Å². The fraction of sp³-hybridized carbons (Fsp3) is 0.0909. The average molecular weight is 437 g/mol. The molecule has 0 atom stereocenters. The van der Waals surface area contributed by atoms with Crippen molar-refractivity contribution in [3.8, 4) is 12.3 Å². The summed E-state index contributed by atoms with van der Waals surface area (Å²) in [6.45, 7) is 0.0289. The third kappa shape index (κ3) is 5.82. The highest BCUT2D eigenvalue weighted by atomic mass is 32.2. The van der Waals surface area contributed by atoms with E-state index in [4.69, 9.17) is 10.8 Å². The highest BCUT2D eigenvalue weighted by Gasteiger charge is 2.15. The minimum Gasteiger partial charge on any atom is -0.459 e. The molecule has 0 unspecified atom stereocenters. The fourth-order valence-corrected chi connectivity index (χ4v) is 3.65. The van der Waals surface area contributed by atoms with Crippen molar-refractivity contribution in [2.24, 2.45) is 0 Å². The number of furan rings is 1. The first-order valence-electron chi connectivity index (χ1n) is 9.14. The Hall–Kier alpha value is -3.87. The van der Waals surface area contributed by atoms with E-state index in [0.29, 0.717) is 5.69 Å². The summed E-state index contributed by atoms with van der Waals surface area (Å²) in [7, 11) is -3.80. The first kappa shape index (κ1) is 21.8. The van der Waals surface area contributed by atoms with Gasteiger partial charge < -0.3 is 15.1 Å². The van der Waals surface area contributed by atoms with E-state index >= 15 is 0 Å². The van der Waals surface area contributed by atoms with Crippen LogP contribution in [0, 0.1) is 12.3 Å². The molecule has 8 nitrogen and oxygen atoms in total. The van der Waals surface area contributed by atoms with Gasteiger partial charge in [-0.2, -0.15) is 4.72 Å². The average Bonchev–Trinajstić information content (AvgIpc) is 3.32. The summed E-state index contributed by atoms with van der Waals surface area (Å²) in [5.41, 5.74) is 1.47. The van der Waals surface area contributed by atoms with Gasteiger partial charge in [0.25, 0.3) is 11.8 Å². The number of hydrogen-bond donors (Lipinski definition) is 3. The van der Waals surface area contributed by atoms with Crippen LogP contribution in [0.1, 0.15) is 26.5 Å². The summed E-state index contributed by atoms with van der Waals surface area (Å²) in [4.78, 5) is 24.5. The van der Waals surface area contributed by atoms with Crippen LogP contribution < -0.4 is 15.4 Å². The predicted octanol–water partition coefficient (Wildman–Crippen LogP) is 2.37. The van der Waals surface area contributed by atoms with E-state index in [0.717, 1.165) is 5.56 Å². The van der Waals surface area contributed by atoms with Gasteiger partial charge in [0.1, 0.15) is 0 Å². The second-order valence-corrected chi connectivity index (χ2v) is 8.14. The number of terminal acetylenes is 1. The zero-order chi connectivity index (χ0) is 22.3. The van der Waals surface area contributed by atoms with E-state index in [1.165, 1.54) is 30.5 Å². The largest absolute Gasteiger partial charge is 0.459 e. The Labute approximate surface area is 179 Å². The van der Waals surface area contributed by atoms with Gasteiger partial charge >= 0.3 is 0 Å². The molecule has 0 saturated carbocycles. The molecule has 0 radical (unpaired) electrons. The molecule has 0 aliphatic rings. The first-order chi connectivity index (χ1) is 14.9. The van der Waals surface area contributed by atoms with Gasteiger partial charge in [-0.25, -0.2) is 8.42 Å². The standard InChI is InChI=1S/C22H19N3O5S/c1-2-11-24-31(28,29)19-9-4-7-17(14-19)21(26)23-15-16-6-3-8-18(13-16)25-22(27)20-10-5-12-30-20/h1,3-10,12-14,24H,11,15H2,(H,23,26)(H,25,27). The van der Waals surface area contributed by atoms with E-state index in [1.54, 1.807) is 36.4 Å². The van der Waals surface area contributed by atoms with Crippen LogP contribution in [0.3, 0.4) is 0 Å². The summed E-state index contributed by atoms with van der Waals surface area (Å²) >= 11 is 0. The number of carbonyl (C=O) groups excluding carboxylic acids is 2. The third-order valence-corrected chi connectivity index (χ3v) is 5.55. The topological polar surface area (TPSA) is 118 Å². The number of benzene rings is 2. The van der Waals surface area contributed by atoms with Gasteiger partial charge in [-0.3, -0.25) is 9.59 Å². The number of sulfonamides is 1. The molecule has 0 aliphatic carbocycles. The van der Waals surface area contributed by atoms with Crippen LogP contribution in [-0.4, -0.2) is 26.8 Å². The summed E-state index contributed by atoms with van der Waals surface area (Å²) in [5.74, 6) is 1.55. The number of hydrogen-bond acceptors (Lipinski definition) is 5. The zero-order valence-electron chi connectivity index (χ0n) is 16.3. The van der Waals surface area contributed by atoms with E-state index < -0.39 is 15.9 Å². The van der Waals surface area contributed by atoms with Crippen LogP contribution >= 0.6 is 0 Å². The SMILES string of the molecule is C#CCNS(=O)(=O)c1cccc(C(=O)NCc2cccc(NC(=O)c3ccco3)c2)c1. The third-order valence-electron chi connectivity index (χ3n) is 4.15. The van der Waals surface area contributed by atoms with E-state index in [2.05, 4.69) is 21.3 Å². The molecule has 0 aliphatic heterocycles. The minimum atomic E-state index is -3.80. The Morgan fingerprint density at radius 2 is 1.81 bits per heavy atom. The molecule has 1 aromatic heterocycles. The number of carbonyl (C=O) groups is 2. The molecule has 2 aromatic carbocycles. The van der Waals surface area contributed by atoms with Crippen LogP contribution in [-0.2, 0) is 16.6 Å². The van der Waals surface area contributed by atoms with Gasteiger partial charge in [-0.15, -0.1) is 6.42 Å². The van der Waals surface area contributed by atoms with Crippen molar-refractivity contribution in [1.82, 2.24) is 10.0 Å². The Bertz CT molecular complexity index is 1230. The van der Waals surface area contributed by atoms with Crippen molar-refractivity contribution in [2.45, 2.75) is 11.4 Å². The molecule has 1 heterocycles. The molecule has 31 heavy (non-hydrogen) atoms. The second-order valence-electron chi connectivity index (χ2n) is 6.37.